The van der Waals surface area contributed by atoms with E-state index in [1.54, 1.807) is 11.0 Å². The number of carbonyl (C=O) groups excluding carboxylic acids is 1. The molecule has 0 radical (unpaired) electrons. The van der Waals surface area contributed by atoms with E-state index in [-0.39, 0.29) is 11.7 Å². The number of pyridine rings is 1. The van der Waals surface area contributed by atoms with E-state index >= 15 is 0 Å². The van der Waals surface area contributed by atoms with Crippen molar-refractivity contribution >= 4 is 17.7 Å². The molecule has 84 valence electrons. The molecule has 0 atom stereocenters. The molecule has 1 aliphatic rings. The molecule has 0 saturated carbocycles. The standard InChI is InChI=1S/C10H11N3O3/c14-9(15)8-3-2-7(6-12-8)13-5-1-4-11-10(13)16/h2-3,6H,1,4-5H2,(H,11,16)(H,14,15). The van der Waals surface area contributed by atoms with Crippen molar-refractivity contribution in [3.8, 4) is 0 Å². The van der Waals surface area contributed by atoms with E-state index in [4.69, 9.17) is 5.11 Å². The molecule has 2 amide bonds. The largest absolute Gasteiger partial charge is 0.477 e. The van der Waals surface area contributed by atoms with E-state index in [2.05, 4.69) is 10.3 Å². The Bertz CT molecular complexity index is 416. The summed E-state index contributed by atoms with van der Waals surface area (Å²) in [4.78, 5) is 27.4. The predicted octanol–water partition coefficient (Wildman–Crippen LogP) is 0.700. The highest BCUT2D eigenvalue weighted by Gasteiger charge is 2.19. The van der Waals surface area contributed by atoms with Crippen LogP contribution in [0, 0.1) is 0 Å². The van der Waals surface area contributed by atoms with Crippen molar-refractivity contribution in [3.63, 3.8) is 0 Å². The third-order valence-corrected chi connectivity index (χ3v) is 2.36. The zero-order valence-electron chi connectivity index (χ0n) is 8.51. The highest BCUT2D eigenvalue weighted by atomic mass is 16.4. The van der Waals surface area contributed by atoms with Gasteiger partial charge in [0, 0.05) is 13.1 Å². The molecule has 0 unspecified atom stereocenters. The summed E-state index contributed by atoms with van der Waals surface area (Å²) in [5.41, 5.74) is 0.586. The minimum absolute atomic E-state index is 0.0267. The van der Waals surface area contributed by atoms with Crippen molar-refractivity contribution in [2.24, 2.45) is 0 Å². The lowest BCUT2D eigenvalue weighted by Crippen LogP contribution is -2.46. The number of hydrogen-bond acceptors (Lipinski definition) is 3. The smallest absolute Gasteiger partial charge is 0.354 e. The van der Waals surface area contributed by atoms with Crippen LogP contribution in [0.4, 0.5) is 10.5 Å². The second-order valence-electron chi connectivity index (χ2n) is 3.44. The molecular formula is C10H11N3O3. The Morgan fingerprint density at radius 3 is 2.88 bits per heavy atom. The summed E-state index contributed by atoms with van der Waals surface area (Å²) in [7, 11) is 0. The lowest BCUT2D eigenvalue weighted by atomic mass is 10.2. The summed E-state index contributed by atoms with van der Waals surface area (Å²) < 4.78 is 0. The lowest BCUT2D eigenvalue weighted by Gasteiger charge is -2.27. The Labute approximate surface area is 91.9 Å². The van der Waals surface area contributed by atoms with Crippen molar-refractivity contribution in [2.45, 2.75) is 6.42 Å². The van der Waals surface area contributed by atoms with Crippen LogP contribution in [-0.4, -0.2) is 35.2 Å². The van der Waals surface area contributed by atoms with Crippen molar-refractivity contribution in [1.29, 1.82) is 0 Å². The van der Waals surface area contributed by atoms with Gasteiger partial charge in [0.2, 0.25) is 0 Å². The number of aromatic carboxylic acids is 1. The first-order valence-corrected chi connectivity index (χ1v) is 4.93. The molecule has 2 rings (SSSR count). The van der Waals surface area contributed by atoms with Crippen molar-refractivity contribution < 1.29 is 14.7 Å². The number of amides is 2. The molecule has 0 aromatic carbocycles. The van der Waals surface area contributed by atoms with Crippen LogP contribution in [0.15, 0.2) is 18.3 Å². The van der Waals surface area contributed by atoms with Crippen LogP contribution in [0.5, 0.6) is 0 Å². The highest BCUT2D eigenvalue weighted by molar-refractivity contribution is 5.93. The van der Waals surface area contributed by atoms with Gasteiger partial charge in [-0.3, -0.25) is 4.90 Å². The number of anilines is 1. The van der Waals surface area contributed by atoms with Crippen LogP contribution in [0.1, 0.15) is 16.9 Å². The SMILES string of the molecule is O=C(O)c1ccc(N2CCCNC2=O)cn1. The highest BCUT2D eigenvalue weighted by Crippen LogP contribution is 2.15. The van der Waals surface area contributed by atoms with Gasteiger partial charge >= 0.3 is 12.0 Å². The Balaban J connectivity index is 2.20. The fraction of sp³-hybridized carbons (Fsp3) is 0.300. The van der Waals surface area contributed by atoms with Gasteiger partial charge in [0.1, 0.15) is 5.69 Å². The van der Waals surface area contributed by atoms with E-state index in [1.165, 1.54) is 12.3 Å². The van der Waals surface area contributed by atoms with Crippen LogP contribution in [0.2, 0.25) is 0 Å². The summed E-state index contributed by atoms with van der Waals surface area (Å²) in [6.07, 6.45) is 2.26. The molecule has 16 heavy (non-hydrogen) atoms. The summed E-state index contributed by atoms with van der Waals surface area (Å²) in [5.74, 6) is -1.07. The average Bonchev–Trinajstić information content (AvgIpc) is 2.30. The summed E-state index contributed by atoms with van der Waals surface area (Å²) in [5, 5.41) is 11.4. The zero-order valence-corrected chi connectivity index (χ0v) is 8.51. The second-order valence-corrected chi connectivity index (χ2v) is 3.44. The van der Waals surface area contributed by atoms with E-state index in [0.29, 0.717) is 18.8 Å². The summed E-state index contributed by atoms with van der Waals surface area (Å²) in [6, 6.07) is 2.80. The number of aromatic nitrogens is 1. The third-order valence-electron chi connectivity index (χ3n) is 2.36. The molecule has 1 saturated heterocycles. The molecule has 0 aliphatic carbocycles. The Hall–Kier alpha value is -2.11. The number of rotatable bonds is 2. The van der Waals surface area contributed by atoms with Crippen molar-refractivity contribution in [1.82, 2.24) is 10.3 Å². The predicted molar refractivity (Wildman–Crippen MR) is 56.6 cm³/mol. The molecule has 2 N–H and O–H groups in total. The molecule has 1 aliphatic heterocycles. The van der Waals surface area contributed by atoms with Gasteiger partial charge in [-0.1, -0.05) is 0 Å². The van der Waals surface area contributed by atoms with E-state index in [1.807, 2.05) is 0 Å². The Kier molecular flexibility index (Phi) is 2.72. The number of hydrogen-bond donors (Lipinski definition) is 2. The normalized spacial score (nSPS) is 15.8. The Morgan fingerprint density at radius 2 is 2.31 bits per heavy atom. The van der Waals surface area contributed by atoms with Gasteiger partial charge in [-0.05, 0) is 18.6 Å². The average molecular weight is 221 g/mol. The van der Waals surface area contributed by atoms with Crippen LogP contribution in [0.3, 0.4) is 0 Å². The fourth-order valence-electron chi connectivity index (χ4n) is 1.55. The first kappa shape index (κ1) is 10.4. The molecule has 6 nitrogen and oxygen atoms in total. The van der Waals surface area contributed by atoms with Gasteiger partial charge < -0.3 is 10.4 Å². The summed E-state index contributed by atoms with van der Waals surface area (Å²) >= 11 is 0. The minimum atomic E-state index is -1.07. The van der Waals surface area contributed by atoms with Crippen LogP contribution >= 0.6 is 0 Å². The van der Waals surface area contributed by atoms with Crippen molar-refractivity contribution in [2.75, 3.05) is 18.0 Å². The van der Waals surface area contributed by atoms with Gasteiger partial charge in [-0.2, -0.15) is 0 Å². The van der Waals surface area contributed by atoms with Gasteiger partial charge in [0.05, 0.1) is 11.9 Å². The number of carboxylic acid groups (broad SMARTS) is 1. The van der Waals surface area contributed by atoms with Crippen LogP contribution < -0.4 is 10.2 Å². The number of carboxylic acids is 1. The molecular weight excluding hydrogens is 210 g/mol. The number of nitrogens with one attached hydrogen (secondary N) is 1. The molecule has 2 heterocycles. The molecule has 1 fully saturated rings. The lowest BCUT2D eigenvalue weighted by molar-refractivity contribution is 0.0690. The maximum atomic E-state index is 11.5. The number of carbonyl (C=O) groups is 2. The maximum absolute atomic E-state index is 11.5. The van der Waals surface area contributed by atoms with Gasteiger partial charge in [-0.25, -0.2) is 14.6 Å². The molecule has 6 heteroatoms. The van der Waals surface area contributed by atoms with Gasteiger partial charge in [-0.15, -0.1) is 0 Å². The topological polar surface area (TPSA) is 82.5 Å². The number of nitrogens with zero attached hydrogens (tertiary/aromatic N) is 2. The van der Waals surface area contributed by atoms with E-state index in [9.17, 15) is 9.59 Å². The quantitative estimate of drug-likeness (QED) is 0.770. The first-order valence-electron chi connectivity index (χ1n) is 4.93. The molecule has 1 aromatic rings. The maximum Gasteiger partial charge on any atom is 0.354 e. The Morgan fingerprint density at radius 1 is 1.50 bits per heavy atom. The molecule has 0 spiro atoms. The third kappa shape index (κ3) is 1.95. The van der Waals surface area contributed by atoms with Crippen LogP contribution in [0.25, 0.3) is 0 Å². The minimum Gasteiger partial charge on any atom is -0.477 e. The fourth-order valence-corrected chi connectivity index (χ4v) is 1.55. The number of urea groups is 1. The molecule has 0 bridgehead atoms. The molecule has 1 aromatic heterocycles. The van der Waals surface area contributed by atoms with E-state index in [0.717, 1.165) is 6.42 Å². The first-order chi connectivity index (χ1) is 7.68. The zero-order chi connectivity index (χ0) is 11.5. The van der Waals surface area contributed by atoms with Gasteiger partial charge in [0.15, 0.2) is 0 Å². The monoisotopic (exact) mass is 221 g/mol. The second kappa shape index (κ2) is 4.18. The van der Waals surface area contributed by atoms with Crippen molar-refractivity contribution in [3.05, 3.63) is 24.0 Å². The van der Waals surface area contributed by atoms with Crippen LogP contribution in [-0.2, 0) is 0 Å². The summed E-state index contributed by atoms with van der Waals surface area (Å²) in [6.45, 7) is 1.30. The van der Waals surface area contributed by atoms with Gasteiger partial charge in [0.25, 0.3) is 0 Å². The van der Waals surface area contributed by atoms with E-state index < -0.39 is 5.97 Å².